The van der Waals surface area contributed by atoms with Crippen LogP contribution in [0.2, 0.25) is 5.02 Å². The standard InChI is InChI=1S/C35H30ClN3O5S/c1-4-43-29(40)20-38-21(3)26(25-13-9-10-14-27(25)38)19-28-33(41)39-32(23-15-17-24(36)18-16-23)30(34(42)44-5-2)31(37-35(39)45-28)22-11-7-6-8-12-22/h6-19,32H,4-5,20H2,1-3H3/b28-19-/t32-/m0/s1. The first-order valence-corrected chi connectivity index (χ1v) is 15.8. The molecule has 3 aromatic carbocycles. The van der Waals surface area contributed by atoms with Crippen molar-refractivity contribution in [3.05, 3.63) is 132 Å². The molecule has 0 fully saturated rings. The Morgan fingerprint density at radius 3 is 2.36 bits per heavy atom. The van der Waals surface area contributed by atoms with Crippen molar-refractivity contribution in [2.24, 2.45) is 4.99 Å². The molecule has 0 saturated heterocycles. The van der Waals surface area contributed by atoms with Crippen molar-refractivity contribution >= 4 is 57.6 Å². The second kappa shape index (κ2) is 12.7. The molecule has 0 bridgehead atoms. The average molecular weight is 640 g/mol. The van der Waals surface area contributed by atoms with Crippen LogP contribution in [0.15, 0.2) is 94.2 Å². The van der Waals surface area contributed by atoms with Crippen LogP contribution in [0.3, 0.4) is 0 Å². The van der Waals surface area contributed by atoms with Gasteiger partial charge >= 0.3 is 11.9 Å². The molecule has 1 aliphatic rings. The molecular weight excluding hydrogens is 610 g/mol. The van der Waals surface area contributed by atoms with Crippen LogP contribution < -0.4 is 14.9 Å². The smallest absolute Gasteiger partial charge is 0.338 e. The lowest BCUT2D eigenvalue weighted by Crippen LogP contribution is -2.40. The van der Waals surface area contributed by atoms with Gasteiger partial charge in [-0.15, -0.1) is 0 Å². The Kier molecular flexibility index (Phi) is 8.56. The van der Waals surface area contributed by atoms with E-state index in [0.29, 0.717) is 32.2 Å². The van der Waals surface area contributed by atoms with Gasteiger partial charge in [0.1, 0.15) is 6.54 Å². The van der Waals surface area contributed by atoms with Crippen LogP contribution in [0.5, 0.6) is 0 Å². The number of nitrogens with zero attached hydrogens (tertiary/aromatic N) is 3. The molecule has 6 rings (SSSR count). The number of hydrogen-bond donors (Lipinski definition) is 0. The summed E-state index contributed by atoms with van der Waals surface area (Å²) in [5.41, 5.74) is 4.34. The predicted octanol–water partition coefficient (Wildman–Crippen LogP) is 5.42. The van der Waals surface area contributed by atoms with Gasteiger partial charge in [0.25, 0.3) is 5.56 Å². The van der Waals surface area contributed by atoms with Gasteiger partial charge in [-0.25, -0.2) is 9.79 Å². The van der Waals surface area contributed by atoms with Gasteiger partial charge in [-0.05, 0) is 50.6 Å². The van der Waals surface area contributed by atoms with Crippen LogP contribution in [0.4, 0.5) is 0 Å². The van der Waals surface area contributed by atoms with Crippen molar-refractivity contribution in [3.63, 3.8) is 0 Å². The van der Waals surface area contributed by atoms with Gasteiger partial charge in [0, 0.05) is 32.7 Å². The summed E-state index contributed by atoms with van der Waals surface area (Å²) < 4.78 is 14.7. The third kappa shape index (κ3) is 5.65. The van der Waals surface area contributed by atoms with E-state index in [9.17, 15) is 14.4 Å². The van der Waals surface area contributed by atoms with E-state index < -0.39 is 12.0 Å². The summed E-state index contributed by atoms with van der Waals surface area (Å²) in [5.74, 6) is -0.887. The molecule has 45 heavy (non-hydrogen) atoms. The number of esters is 2. The summed E-state index contributed by atoms with van der Waals surface area (Å²) in [6.07, 6.45) is 1.85. The van der Waals surface area contributed by atoms with Crippen molar-refractivity contribution in [1.82, 2.24) is 9.13 Å². The Hall–Kier alpha value is -4.73. The van der Waals surface area contributed by atoms with E-state index in [0.717, 1.165) is 27.7 Å². The Morgan fingerprint density at radius 2 is 1.64 bits per heavy atom. The maximum absolute atomic E-state index is 14.4. The van der Waals surface area contributed by atoms with Gasteiger partial charge in [-0.3, -0.25) is 14.2 Å². The minimum Gasteiger partial charge on any atom is -0.465 e. The first-order valence-electron chi connectivity index (χ1n) is 14.6. The second-order valence-corrected chi connectivity index (χ2v) is 11.8. The van der Waals surface area contributed by atoms with Crippen LogP contribution in [0.25, 0.3) is 22.7 Å². The molecule has 8 nitrogen and oxygen atoms in total. The molecule has 0 amide bonds. The number of ether oxygens (including phenoxy) is 2. The van der Waals surface area contributed by atoms with Gasteiger partial charge in [0.2, 0.25) is 0 Å². The highest BCUT2D eigenvalue weighted by atomic mass is 35.5. The summed E-state index contributed by atoms with van der Waals surface area (Å²) in [6.45, 7) is 5.95. The van der Waals surface area contributed by atoms with Crippen LogP contribution in [0, 0.1) is 6.92 Å². The quantitative estimate of drug-likeness (QED) is 0.212. The number of benzene rings is 3. The van der Waals surface area contributed by atoms with E-state index >= 15 is 0 Å². The predicted molar refractivity (Wildman–Crippen MR) is 176 cm³/mol. The van der Waals surface area contributed by atoms with Crippen LogP contribution in [-0.2, 0) is 25.6 Å². The lowest BCUT2D eigenvalue weighted by molar-refractivity contribution is -0.143. The average Bonchev–Trinajstić information content (AvgIpc) is 3.50. The lowest BCUT2D eigenvalue weighted by Gasteiger charge is -2.25. The van der Waals surface area contributed by atoms with Gasteiger partial charge < -0.3 is 14.0 Å². The molecule has 1 atom stereocenters. The maximum Gasteiger partial charge on any atom is 0.338 e. The summed E-state index contributed by atoms with van der Waals surface area (Å²) in [4.78, 5) is 45.8. The number of fused-ring (bicyclic) bond motifs is 2. The topological polar surface area (TPSA) is 91.9 Å². The maximum atomic E-state index is 14.4. The highest BCUT2D eigenvalue weighted by Crippen LogP contribution is 2.35. The van der Waals surface area contributed by atoms with Gasteiger partial charge in [0.15, 0.2) is 4.80 Å². The van der Waals surface area contributed by atoms with E-state index in [-0.39, 0.29) is 30.3 Å². The molecule has 1 aliphatic heterocycles. The Bertz CT molecular complexity index is 2140. The molecule has 5 aromatic rings. The third-order valence-corrected chi connectivity index (χ3v) is 8.94. The molecule has 2 aromatic heterocycles. The first-order chi connectivity index (χ1) is 21.8. The normalized spacial score (nSPS) is 14.8. The molecule has 10 heteroatoms. The minimum atomic E-state index is -0.804. The summed E-state index contributed by atoms with van der Waals surface area (Å²) in [5, 5.41) is 1.43. The monoisotopic (exact) mass is 639 g/mol. The fourth-order valence-corrected chi connectivity index (χ4v) is 6.82. The molecule has 0 unspecified atom stereocenters. The van der Waals surface area contributed by atoms with Gasteiger partial charge in [-0.1, -0.05) is 83.6 Å². The minimum absolute atomic E-state index is 0.0508. The zero-order chi connectivity index (χ0) is 31.7. The molecule has 228 valence electrons. The number of aromatic nitrogens is 2. The van der Waals surface area contributed by atoms with Gasteiger partial charge in [0.05, 0.1) is 35.1 Å². The Balaban J connectivity index is 1.62. The number of carbonyl (C=O) groups excluding carboxylic acids is 2. The van der Waals surface area contributed by atoms with Crippen molar-refractivity contribution in [3.8, 4) is 0 Å². The number of rotatable bonds is 8. The van der Waals surface area contributed by atoms with Crippen LogP contribution >= 0.6 is 22.9 Å². The summed E-state index contributed by atoms with van der Waals surface area (Å²) >= 11 is 7.49. The second-order valence-electron chi connectivity index (χ2n) is 10.4. The molecule has 3 heterocycles. The molecule has 0 N–H and O–H groups in total. The summed E-state index contributed by atoms with van der Waals surface area (Å²) in [6, 6.07) is 23.4. The number of thiazole rings is 1. The first kappa shape index (κ1) is 30.3. The zero-order valence-corrected chi connectivity index (χ0v) is 26.5. The largest absolute Gasteiger partial charge is 0.465 e. The van der Waals surface area contributed by atoms with E-state index in [1.165, 1.54) is 11.3 Å². The van der Waals surface area contributed by atoms with Crippen molar-refractivity contribution in [1.29, 1.82) is 0 Å². The lowest BCUT2D eigenvalue weighted by atomic mass is 9.93. The van der Waals surface area contributed by atoms with E-state index in [1.807, 2.05) is 84.3 Å². The van der Waals surface area contributed by atoms with Crippen LogP contribution in [0.1, 0.15) is 42.3 Å². The van der Waals surface area contributed by atoms with Crippen molar-refractivity contribution in [2.45, 2.75) is 33.4 Å². The highest BCUT2D eigenvalue weighted by Gasteiger charge is 2.35. The van der Waals surface area contributed by atoms with Crippen molar-refractivity contribution < 1.29 is 19.1 Å². The van der Waals surface area contributed by atoms with E-state index in [4.69, 9.17) is 26.1 Å². The fourth-order valence-electron chi connectivity index (χ4n) is 5.71. The highest BCUT2D eigenvalue weighted by molar-refractivity contribution is 7.07. The molecule has 0 aliphatic carbocycles. The molecule has 0 spiro atoms. The van der Waals surface area contributed by atoms with Gasteiger partial charge in [-0.2, -0.15) is 0 Å². The molecule has 0 saturated carbocycles. The van der Waals surface area contributed by atoms with Crippen LogP contribution in [-0.4, -0.2) is 34.3 Å². The van der Waals surface area contributed by atoms with E-state index in [1.54, 1.807) is 30.5 Å². The summed E-state index contributed by atoms with van der Waals surface area (Å²) in [7, 11) is 0. The SMILES string of the molecule is CCOC(=O)Cn1c(C)c(/C=c2\sc3n(c2=O)[C@@H](c2ccc(Cl)cc2)C(C(=O)OCC)=C(c2ccccc2)N=3)c2ccccc21. The Morgan fingerprint density at radius 1 is 0.956 bits per heavy atom. The number of para-hydroxylation sites is 1. The fraction of sp³-hybridized carbons (Fsp3) is 0.200. The van der Waals surface area contributed by atoms with Crippen molar-refractivity contribution in [2.75, 3.05) is 13.2 Å². The number of halogens is 1. The Labute approximate surface area is 268 Å². The molecule has 0 radical (unpaired) electrons. The number of hydrogen-bond acceptors (Lipinski definition) is 7. The third-order valence-electron chi connectivity index (χ3n) is 7.71. The zero-order valence-electron chi connectivity index (χ0n) is 25.0. The molecular formula is C35H30ClN3O5S. The number of carbonyl (C=O) groups is 2. The van der Waals surface area contributed by atoms with E-state index in [2.05, 4.69) is 0 Å².